The van der Waals surface area contributed by atoms with Crippen LogP contribution in [0.25, 0.3) is 0 Å². The minimum absolute atomic E-state index is 0.0383. The molecule has 5 nitrogen and oxygen atoms in total. The number of nitrogens with two attached hydrogens (primary N) is 1. The molecule has 0 aliphatic carbocycles. The Morgan fingerprint density at radius 2 is 2.31 bits per heavy atom. The number of nitrogens with zero attached hydrogens (tertiary/aromatic N) is 2. The van der Waals surface area contributed by atoms with E-state index in [2.05, 4.69) is 10.5 Å². The monoisotopic (exact) mass is 220 g/mol. The number of hydrogen-bond acceptors (Lipinski definition) is 4. The minimum atomic E-state index is -0.0383. The zero-order valence-corrected chi connectivity index (χ0v) is 9.47. The molecule has 0 spiro atoms. The number of furan rings is 1. The van der Waals surface area contributed by atoms with Gasteiger partial charge in [0.25, 0.3) is 0 Å². The first kappa shape index (κ1) is 10.9. The molecule has 0 aromatic carbocycles. The summed E-state index contributed by atoms with van der Waals surface area (Å²) in [5.41, 5.74) is 3.73. The lowest BCUT2D eigenvalue weighted by Crippen LogP contribution is -2.29. The van der Waals surface area contributed by atoms with Crippen molar-refractivity contribution in [3.63, 3.8) is 0 Å². The van der Waals surface area contributed by atoms with Crippen molar-refractivity contribution in [2.24, 2.45) is 12.9 Å². The van der Waals surface area contributed by atoms with Gasteiger partial charge in [0.15, 0.2) is 0 Å². The highest BCUT2D eigenvalue weighted by molar-refractivity contribution is 5.13. The fourth-order valence-corrected chi connectivity index (χ4v) is 1.66. The lowest BCUT2D eigenvalue weighted by molar-refractivity contribution is 0.400. The minimum Gasteiger partial charge on any atom is -0.465 e. The molecule has 2 rings (SSSR count). The van der Waals surface area contributed by atoms with Gasteiger partial charge in [0.1, 0.15) is 11.5 Å². The van der Waals surface area contributed by atoms with Crippen LogP contribution in [0.15, 0.2) is 28.8 Å². The van der Waals surface area contributed by atoms with Gasteiger partial charge in [-0.1, -0.05) is 0 Å². The van der Waals surface area contributed by atoms with E-state index in [-0.39, 0.29) is 6.04 Å². The van der Waals surface area contributed by atoms with Crippen molar-refractivity contribution in [3.05, 3.63) is 41.6 Å². The lowest BCUT2D eigenvalue weighted by atomic mass is 10.1. The van der Waals surface area contributed by atoms with Gasteiger partial charge in [-0.25, -0.2) is 5.43 Å². The molecule has 0 amide bonds. The number of hydrogen-bond donors (Lipinski definition) is 2. The number of aromatic nitrogens is 2. The van der Waals surface area contributed by atoms with Crippen LogP contribution < -0.4 is 11.3 Å². The van der Waals surface area contributed by atoms with Crippen LogP contribution in [0.5, 0.6) is 0 Å². The summed E-state index contributed by atoms with van der Waals surface area (Å²) in [7, 11) is 1.89. The summed E-state index contributed by atoms with van der Waals surface area (Å²) in [6, 6.07) is 5.80. The third-order valence-corrected chi connectivity index (χ3v) is 2.49. The molecule has 86 valence electrons. The van der Waals surface area contributed by atoms with Crippen molar-refractivity contribution in [3.8, 4) is 0 Å². The smallest absolute Gasteiger partial charge is 0.122 e. The molecule has 2 aromatic rings. The molecule has 16 heavy (non-hydrogen) atoms. The highest BCUT2D eigenvalue weighted by Crippen LogP contribution is 2.19. The first-order valence-corrected chi connectivity index (χ1v) is 5.20. The topological polar surface area (TPSA) is 69.0 Å². The normalized spacial score (nSPS) is 12.9. The molecule has 0 bridgehead atoms. The van der Waals surface area contributed by atoms with Gasteiger partial charge in [0.2, 0.25) is 0 Å². The van der Waals surface area contributed by atoms with Crippen LogP contribution in [0.1, 0.15) is 23.3 Å². The zero-order valence-electron chi connectivity index (χ0n) is 9.47. The Morgan fingerprint density at radius 3 is 2.81 bits per heavy atom. The second-order valence-corrected chi connectivity index (χ2v) is 3.85. The summed E-state index contributed by atoms with van der Waals surface area (Å²) in [6.07, 6.45) is 2.63. The number of aryl methyl sites for hydroxylation is 2. The van der Waals surface area contributed by atoms with E-state index >= 15 is 0 Å². The van der Waals surface area contributed by atoms with Crippen molar-refractivity contribution >= 4 is 0 Å². The summed E-state index contributed by atoms with van der Waals surface area (Å²) in [5.74, 6) is 7.25. The second-order valence-electron chi connectivity index (χ2n) is 3.85. The quantitative estimate of drug-likeness (QED) is 0.597. The lowest BCUT2D eigenvalue weighted by Gasteiger charge is -2.11. The third kappa shape index (κ3) is 2.32. The Morgan fingerprint density at radius 1 is 1.50 bits per heavy atom. The number of rotatable bonds is 4. The van der Waals surface area contributed by atoms with Crippen molar-refractivity contribution in [1.29, 1.82) is 0 Å². The number of hydrazine groups is 1. The molecule has 0 aliphatic rings. The highest BCUT2D eigenvalue weighted by atomic mass is 16.3. The Labute approximate surface area is 94.2 Å². The van der Waals surface area contributed by atoms with Crippen LogP contribution in [0.2, 0.25) is 0 Å². The molecule has 0 saturated carbocycles. The van der Waals surface area contributed by atoms with E-state index in [0.717, 1.165) is 17.2 Å². The summed E-state index contributed by atoms with van der Waals surface area (Å²) in [6.45, 7) is 1.91. The first-order chi connectivity index (χ1) is 7.69. The largest absolute Gasteiger partial charge is 0.465 e. The van der Waals surface area contributed by atoms with Gasteiger partial charge in [0.05, 0.1) is 11.7 Å². The predicted molar refractivity (Wildman–Crippen MR) is 60.4 cm³/mol. The van der Waals surface area contributed by atoms with E-state index in [4.69, 9.17) is 10.3 Å². The van der Waals surface area contributed by atoms with Gasteiger partial charge in [-0.3, -0.25) is 10.5 Å². The van der Waals surface area contributed by atoms with Crippen LogP contribution in [-0.2, 0) is 13.5 Å². The molecule has 1 atom stereocenters. The van der Waals surface area contributed by atoms with E-state index < -0.39 is 0 Å². The highest BCUT2D eigenvalue weighted by Gasteiger charge is 2.15. The summed E-state index contributed by atoms with van der Waals surface area (Å²) in [5, 5.41) is 4.31. The van der Waals surface area contributed by atoms with Crippen LogP contribution in [0.4, 0.5) is 0 Å². The van der Waals surface area contributed by atoms with Crippen LogP contribution >= 0.6 is 0 Å². The summed E-state index contributed by atoms with van der Waals surface area (Å²) >= 11 is 0. The molecule has 5 heteroatoms. The maximum absolute atomic E-state index is 5.54. The molecule has 0 radical (unpaired) electrons. The molecule has 0 fully saturated rings. The second kappa shape index (κ2) is 4.51. The Hall–Kier alpha value is -1.59. The van der Waals surface area contributed by atoms with Crippen molar-refractivity contribution in [2.45, 2.75) is 19.4 Å². The van der Waals surface area contributed by atoms with Gasteiger partial charge in [-0.2, -0.15) is 5.10 Å². The standard InChI is InChI=1S/C11H16N4O/c1-8-3-4-11(16-8)10(13-12)7-9-5-6-15(2)14-9/h3-6,10,13H,7,12H2,1-2H3. The maximum Gasteiger partial charge on any atom is 0.122 e. The van der Waals surface area contributed by atoms with E-state index in [1.54, 1.807) is 4.68 Å². The predicted octanol–water partition coefficient (Wildman–Crippen LogP) is 1.07. The summed E-state index contributed by atoms with van der Waals surface area (Å²) < 4.78 is 7.31. The molecular formula is C11H16N4O. The van der Waals surface area contributed by atoms with Crippen LogP contribution in [0.3, 0.4) is 0 Å². The van der Waals surface area contributed by atoms with Crippen molar-refractivity contribution in [1.82, 2.24) is 15.2 Å². The van der Waals surface area contributed by atoms with E-state index in [0.29, 0.717) is 6.42 Å². The molecule has 1 unspecified atom stereocenters. The SMILES string of the molecule is Cc1ccc(C(Cc2ccn(C)n2)NN)o1. The van der Waals surface area contributed by atoms with Crippen molar-refractivity contribution in [2.75, 3.05) is 0 Å². The van der Waals surface area contributed by atoms with Crippen LogP contribution in [-0.4, -0.2) is 9.78 Å². The first-order valence-electron chi connectivity index (χ1n) is 5.20. The Kier molecular flexibility index (Phi) is 3.07. The van der Waals surface area contributed by atoms with Gasteiger partial charge >= 0.3 is 0 Å². The average Bonchev–Trinajstić information content (AvgIpc) is 2.84. The summed E-state index contributed by atoms with van der Waals surface area (Å²) in [4.78, 5) is 0. The van der Waals surface area contributed by atoms with Gasteiger partial charge in [-0.15, -0.1) is 0 Å². The molecule has 2 heterocycles. The third-order valence-electron chi connectivity index (χ3n) is 2.49. The fraction of sp³-hybridized carbons (Fsp3) is 0.364. The molecule has 0 aliphatic heterocycles. The van der Waals surface area contributed by atoms with E-state index in [1.165, 1.54) is 0 Å². The van der Waals surface area contributed by atoms with Gasteiger partial charge in [0, 0.05) is 19.7 Å². The molecule has 0 saturated heterocycles. The Bertz CT molecular complexity index is 460. The fourth-order valence-electron chi connectivity index (χ4n) is 1.66. The average molecular weight is 220 g/mol. The molecule has 3 N–H and O–H groups in total. The maximum atomic E-state index is 5.54. The Balaban J connectivity index is 2.12. The molecule has 2 aromatic heterocycles. The van der Waals surface area contributed by atoms with Crippen molar-refractivity contribution < 1.29 is 4.42 Å². The number of nitrogens with one attached hydrogen (secondary N) is 1. The zero-order chi connectivity index (χ0) is 11.5. The van der Waals surface area contributed by atoms with Gasteiger partial charge < -0.3 is 4.42 Å². The molecular weight excluding hydrogens is 204 g/mol. The van der Waals surface area contributed by atoms with Crippen LogP contribution in [0, 0.1) is 6.92 Å². The van der Waals surface area contributed by atoms with E-state index in [9.17, 15) is 0 Å². The van der Waals surface area contributed by atoms with E-state index in [1.807, 2.05) is 38.4 Å². The van der Waals surface area contributed by atoms with Gasteiger partial charge in [-0.05, 0) is 25.1 Å².